The predicted molar refractivity (Wildman–Crippen MR) is 70.6 cm³/mol. The van der Waals surface area contributed by atoms with E-state index in [0.29, 0.717) is 6.42 Å². The molecule has 11 heteroatoms. The highest BCUT2D eigenvalue weighted by atomic mass is 32.3. The number of unbranched alkanes of at least 4 members (excludes halogenated alkanes) is 1. The summed E-state index contributed by atoms with van der Waals surface area (Å²) < 4.78 is 31.7. The molecule has 0 aliphatic carbocycles. The molecule has 0 aromatic heterocycles. The molecule has 0 heterocycles. The number of aliphatic hydroxyl groups is 6. The molecule has 4 unspecified atom stereocenters. The second kappa shape index (κ2) is 12.2. The van der Waals surface area contributed by atoms with Crippen LogP contribution in [0.4, 0.5) is 0 Å². The van der Waals surface area contributed by atoms with Gasteiger partial charge < -0.3 is 30.6 Å². The van der Waals surface area contributed by atoms with Gasteiger partial charge in [0, 0.05) is 0 Å². The van der Waals surface area contributed by atoms with Crippen LogP contribution in [0.2, 0.25) is 0 Å². The summed E-state index contributed by atoms with van der Waals surface area (Å²) in [4.78, 5) is 0. The highest BCUT2D eigenvalue weighted by Gasteiger charge is 2.29. The zero-order chi connectivity index (χ0) is 17.1. The van der Waals surface area contributed by atoms with Crippen LogP contribution in [0.3, 0.4) is 0 Å². The van der Waals surface area contributed by atoms with E-state index in [9.17, 15) is 8.42 Å². The zero-order valence-electron chi connectivity index (χ0n) is 11.6. The van der Waals surface area contributed by atoms with Gasteiger partial charge >= 0.3 is 10.4 Å². The first-order chi connectivity index (χ1) is 9.60. The van der Waals surface area contributed by atoms with Crippen molar-refractivity contribution < 1.29 is 47.8 Å². The SMILES string of the molecule is CCCCOS(=O)(=O)O.OCC(O)C(O)C(O)C(O)CO. The molecule has 0 aliphatic rings. The lowest BCUT2D eigenvalue weighted by molar-refractivity contribution is -0.123. The topological polar surface area (TPSA) is 185 Å². The fraction of sp³-hybridized carbons (Fsp3) is 1.00. The van der Waals surface area contributed by atoms with Crippen molar-refractivity contribution in [2.24, 2.45) is 0 Å². The Morgan fingerprint density at radius 1 is 0.952 bits per heavy atom. The zero-order valence-corrected chi connectivity index (χ0v) is 12.4. The third kappa shape index (κ3) is 13.0. The monoisotopic (exact) mass is 336 g/mol. The Kier molecular flexibility index (Phi) is 13.3. The Hall–Kier alpha value is -0.370. The molecule has 0 spiro atoms. The molecular weight excluding hydrogens is 312 g/mol. The van der Waals surface area contributed by atoms with Crippen molar-refractivity contribution in [3.63, 3.8) is 0 Å². The third-order valence-electron chi connectivity index (χ3n) is 2.24. The molecule has 7 N–H and O–H groups in total. The fourth-order valence-electron chi connectivity index (χ4n) is 0.980. The molecule has 130 valence electrons. The van der Waals surface area contributed by atoms with Gasteiger partial charge in [0.15, 0.2) is 0 Å². The second-order valence-electron chi connectivity index (χ2n) is 4.08. The Morgan fingerprint density at radius 3 is 1.57 bits per heavy atom. The summed E-state index contributed by atoms with van der Waals surface area (Å²) in [6, 6.07) is 0. The van der Waals surface area contributed by atoms with Crippen molar-refractivity contribution >= 4 is 10.4 Å². The summed E-state index contributed by atoms with van der Waals surface area (Å²) in [5.74, 6) is 0. The molecule has 0 aromatic rings. The van der Waals surface area contributed by atoms with Crippen LogP contribution in [0, 0.1) is 0 Å². The predicted octanol–water partition coefficient (Wildman–Crippen LogP) is -2.98. The minimum absolute atomic E-state index is 0.0648. The van der Waals surface area contributed by atoms with Gasteiger partial charge in [-0.05, 0) is 6.42 Å². The number of rotatable bonds is 9. The van der Waals surface area contributed by atoms with Crippen molar-refractivity contribution in [1.29, 1.82) is 0 Å². The largest absolute Gasteiger partial charge is 0.397 e. The molecule has 0 aromatic carbocycles. The summed E-state index contributed by atoms with van der Waals surface area (Å²) >= 11 is 0. The van der Waals surface area contributed by atoms with E-state index >= 15 is 0 Å². The van der Waals surface area contributed by atoms with Crippen molar-refractivity contribution in [3.05, 3.63) is 0 Å². The van der Waals surface area contributed by atoms with E-state index in [1.54, 1.807) is 0 Å². The van der Waals surface area contributed by atoms with E-state index in [0.717, 1.165) is 6.42 Å². The van der Waals surface area contributed by atoms with Gasteiger partial charge in [-0.25, -0.2) is 4.18 Å². The molecule has 0 saturated heterocycles. The smallest absolute Gasteiger partial charge is 0.394 e. The van der Waals surface area contributed by atoms with Crippen LogP contribution in [0.15, 0.2) is 0 Å². The first-order valence-electron chi connectivity index (χ1n) is 6.16. The summed E-state index contributed by atoms with van der Waals surface area (Å²) in [5, 5.41) is 52.2. The molecule has 0 saturated carbocycles. The number of hydrogen-bond donors (Lipinski definition) is 7. The quantitative estimate of drug-likeness (QED) is 0.169. The average molecular weight is 336 g/mol. The summed E-state index contributed by atoms with van der Waals surface area (Å²) in [7, 11) is -4.20. The van der Waals surface area contributed by atoms with Crippen LogP contribution in [0.1, 0.15) is 19.8 Å². The standard InChI is InChI=1S/C6H14O6.C4H10O4S/c7-1-3(9)5(11)6(12)4(10)2-8;1-2-3-4-8-9(5,6)7/h3-12H,1-2H2;2-4H2,1H3,(H,5,6,7). The van der Waals surface area contributed by atoms with E-state index in [2.05, 4.69) is 4.18 Å². The van der Waals surface area contributed by atoms with Crippen LogP contribution in [-0.2, 0) is 14.6 Å². The first-order valence-corrected chi connectivity index (χ1v) is 7.53. The van der Waals surface area contributed by atoms with Gasteiger partial charge in [-0.1, -0.05) is 13.3 Å². The van der Waals surface area contributed by atoms with Crippen LogP contribution in [-0.4, -0.2) is 87.8 Å². The molecule has 0 radical (unpaired) electrons. The minimum Gasteiger partial charge on any atom is -0.394 e. The van der Waals surface area contributed by atoms with Gasteiger partial charge in [0.05, 0.1) is 19.8 Å². The van der Waals surface area contributed by atoms with E-state index < -0.39 is 48.0 Å². The van der Waals surface area contributed by atoms with Crippen molar-refractivity contribution in [1.82, 2.24) is 0 Å². The molecule has 0 bridgehead atoms. The van der Waals surface area contributed by atoms with Crippen LogP contribution >= 0.6 is 0 Å². The number of hydrogen-bond acceptors (Lipinski definition) is 9. The normalized spacial score (nSPS) is 17.3. The van der Waals surface area contributed by atoms with Gasteiger partial charge in [0.25, 0.3) is 0 Å². The van der Waals surface area contributed by atoms with E-state index in [4.69, 9.17) is 35.2 Å². The third-order valence-corrected chi connectivity index (χ3v) is 2.71. The lowest BCUT2D eigenvalue weighted by Gasteiger charge is -2.24. The van der Waals surface area contributed by atoms with Gasteiger partial charge in [-0.2, -0.15) is 8.42 Å². The molecular formula is C10H24O10S. The number of aliphatic hydroxyl groups excluding tert-OH is 6. The highest BCUT2D eigenvalue weighted by molar-refractivity contribution is 7.80. The first kappa shape index (κ1) is 22.9. The molecule has 4 atom stereocenters. The van der Waals surface area contributed by atoms with Gasteiger partial charge in [0.1, 0.15) is 24.4 Å². The highest BCUT2D eigenvalue weighted by Crippen LogP contribution is 2.04. The van der Waals surface area contributed by atoms with E-state index in [1.165, 1.54) is 0 Å². The molecule has 0 rings (SSSR count). The van der Waals surface area contributed by atoms with Crippen molar-refractivity contribution in [2.75, 3.05) is 19.8 Å². The Balaban J connectivity index is 0. The van der Waals surface area contributed by atoms with E-state index in [-0.39, 0.29) is 6.61 Å². The Bertz CT molecular complexity index is 319. The summed E-state index contributed by atoms with van der Waals surface area (Å²) in [6.07, 6.45) is -4.91. The maximum absolute atomic E-state index is 9.84. The lowest BCUT2D eigenvalue weighted by atomic mass is 10.0. The van der Waals surface area contributed by atoms with Gasteiger partial charge in [-0.15, -0.1) is 0 Å². The van der Waals surface area contributed by atoms with Crippen LogP contribution < -0.4 is 0 Å². The molecule has 10 nitrogen and oxygen atoms in total. The summed E-state index contributed by atoms with van der Waals surface area (Å²) in [5.41, 5.74) is 0. The minimum atomic E-state index is -4.20. The van der Waals surface area contributed by atoms with Gasteiger partial charge in [0.2, 0.25) is 0 Å². The lowest BCUT2D eigenvalue weighted by Crippen LogP contribution is -2.46. The van der Waals surface area contributed by atoms with Crippen molar-refractivity contribution in [3.8, 4) is 0 Å². The molecule has 0 amide bonds. The Labute approximate surface area is 123 Å². The second-order valence-corrected chi connectivity index (χ2v) is 5.18. The molecule has 0 aliphatic heterocycles. The van der Waals surface area contributed by atoms with Crippen LogP contribution in [0.5, 0.6) is 0 Å². The van der Waals surface area contributed by atoms with Gasteiger partial charge in [-0.3, -0.25) is 4.55 Å². The fourth-order valence-corrected chi connectivity index (χ4v) is 1.31. The van der Waals surface area contributed by atoms with E-state index in [1.807, 2.05) is 6.92 Å². The average Bonchev–Trinajstić information content (AvgIpc) is 2.43. The van der Waals surface area contributed by atoms with Crippen LogP contribution in [0.25, 0.3) is 0 Å². The van der Waals surface area contributed by atoms with Crippen molar-refractivity contribution in [2.45, 2.75) is 44.2 Å². The molecule has 0 fully saturated rings. The summed E-state index contributed by atoms with van der Waals surface area (Å²) in [6.45, 7) is 0.509. The maximum Gasteiger partial charge on any atom is 0.397 e. The maximum atomic E-state index is 9.84. The Morgan fingerprint density at radius 2 is 1.33 bits per heavy atom. The molecule has 21 heavy (non-hydrogen) atoms.